The van der Waals surface area contributed by atoms with Gasteiger partial charge in [-0.15, -0.1) is 0 Å². The van der Waals surface area contributed by atoms with E-state index in [4.69, 9.17) is 0 Å². The van der Waals surface area contributed by atoms with Crippen molar-refractivity contribution in [3.8, 4) is 5.69 Å². The molecule has 0 saturated heterocycles. The molecule has 0 aliphatic rings. The number of amides is 1. The zero-order chi connectivity index (χ0) is 19.1. The molecule has 0 unspecified atom stereocenters. The minimum absolute atomic E-state index is 0.0724. The first-order chi connectivity index (χ1) is 13.2. The Morgan fingerprint density at radius 3 is 2.37 bits per heavy atom. The summed E-state index contributed by atoms with van der Waals surface area (Å²) in [5.41, 5.74) is 3.86. The van der Waals surface area contributed by atoms with Crippen molar-refractivity contribution in [3.05, 3.63) is 83.7 Å². The van der Waals surface area contributed by atoms with E-state index in [2.05, 4.69) is 29.2 Å². The van der Waals surface area contributed by atoms with E-state index in [-0.39, 0.29) is 5.91 Å². The number of hydrogen-bond acceptors (Lipinski definition) is 3. The van der Waals surface area contributed by atoms with Crippen molar-refractivity contribution in [1.29, 1.82) is 0 Å². The van der Waals surface area contributed by atoms with Crippen molar-refractivity contribution in [2.24, 2.45) is 0 Å². The fourth-order valence-corrected chi connectivity index (χ4v) is 2.92. The molecule has 0 saturated carbocycles. The van der Waals surface area contributed by atoms with Crippen molar-refractivity contribution in [2.75, 3.05) is 13.1 Å². The Balaban J connectivity index is 1.56. The maximum absolute atomic E-state index is 12.4. The van der Waals surface area contributed by atoms with Crippen LogP contribution < -0.4 is 5.32 Å². The molecule has 0 aliphatic carbocycles. The van der Waals surface area contributed by atoms with Crippen molar-refractivity contribution >= 4 is 5.91 Å². The average Bonchev–Trinajstić information content (AvgIpc) is 3.20. The minimum Gasteiger partial charge on any atom is -0.348 e. The van der Waals surface area contributed by atoms with Crippen molar-refractivity contribution in [1.82, 2.24) is 20.0 Å². The number of nitrogens with zero attached hydrogens (tertiary/aromatic N) is 3. The lowest BCUT2D eigenvalue weighted by molar-refractivity contribution is 0.0951. The number of carbonyl (C=O) groups is 1. The van der Waals surface area contributed by atoms with Crippen LogP contribution >= 0.6 is 0 Å². The molecule has 3 rings (SSSR count). The summed E-state index contributed by atoms with van der Waals surface area (Å²) in [7, 11) is 0. The monoisotopic (exact) mass is 362 g/mol. The normalized spacial score (nSPS) is 10.9. The molecule has 1 amide bonds. The maximum atomic E-state index is 12.4. The van der Waals surface area contributed by atoms with Gasteiger partial charge >= 0.3 is 0 Å². The quantitative estimate of drug-likeness (QED) is 0.665. The van der Waals surface area contributed by atoms with Crippen LogP contribution in [-0.4, -0.2) is 33.7 Å². The number of nitrogens with one attached hydrogen (secondary N) is 1. The molecule has 2 aromatic carbocycles. The highest BCUT2D eigenvalue weighted by atomic mass is 16.1. The number of aromatic nitrogens is 2. The van der Waals surface area contributed by atoms with Crippen molar-refractivity contribution in [3.63, 3.8) is 0 Å². The Labute approximate surface area is 160 Å². The third-order valence-corrected chi connectivity index (χ3v) is 4.63. The molecule has 5 heteroatoms. The van der Waals surface area contributed by atoms with Crippen LogP contribution in [0, 0.1) is 0 Å². The Hall–Kier alpha value is -2.92. The zero-order valence-electron chi connectivity index (χ0n) is 15.9. The molecule has 0 aliphatic heterocycles. The highest BCUT2D eigenvalue weighted by Crippen LogP contribution is 2.10. The molecule has 140 valence electrons. The number of rotatable bonds is 8. The molecule has 1 N–H and O–H groups in total. The predicted octanol–water partition coefficient (Wildman–Crippen LogP) is 3.64. The molecular weight excluding hydrogens is 336 g/mol. The summed E-state index contributed by atoms with van der Waals surface area (Å²) in [5, 5.41) is 7.31. The van der Waals surface area contributed by atoms with E-state index in [1.165, 1.54) is 5.56 Å². The van der Waals surface area contributed by atoms with Crippen LogP contribution in [0.1, 0.15) is 35.3 Å². The second-order valence-electron chi connectivity index (χ2n) is 6.47. The van der Waals surface area contributed by atoms with Crippen LogP contribution in [0.25, 0.3) is 5.69 Å². The van der Waals surface area contributed by atoms with E-state index in [9.17, 15) is 4.79 Å². The Bertz CT molecular complexity index is 852. The number of carbonyl (C=O) groups excluding carboxylic acids is 1. The number of hydrogen-bond donors (Lipinski definition) is 1. The highest BCUT2D eigenvalue weighted by molar-refractivity contribution is 5.94. The average molecular weight is 362 g/mol. The standard InChI is InChI=1S/C22H26N4O/c1-3-25(4-2)16-18-10-12-20(13-11-18)22(27)23-14-19-15-24-26(17-19)21-8-6-5-7-9-21/h5-13,15,17H,3-4,14,16H2,1-2H3,(H,23,27). The molecule has 0 fully saturated rings. The first kappa shape index (κ1) is 18.9. The third kappa shape index (κ3) is 5.05. The molecule has 5 nitrogen and oxygen atoms in total. The lowest BCUT2D eigenvalue weighted by Crippen LogP contribution is -2.23. The topological polar surface area (TPSA) is 50.2 Å². The summed E-state index contributed by atoms with van der Waals surface area (Å²) >= 11 is 0. The molecule has 0 radical (unpaired) electrons. The van der Waals surface area contributed by atoms with Crippen LogP contribution in [0.2, 0.25) is 0 Å². The minimum atomic E-state index is -0.0724. The van der Waals surface area contributed by atoms with Gasteiger partial charge in [0.1, 0.15) is 0 Å². The van der Waals surface area contributed by atoms with E-state index in [1.54, 1.807) is 6.20 Å². The molecule has 0 bridgehead atoms. The first-order valence-electron chi connectivity index (χ1n) is 9.38. The molecule has 0 spiro atoms. The van der Waals surface area contributed by atoms with Gasteiger partial charge in [-0.1, -0.05) is 44.2 Å². The van der Waals surface area contributed by atoms with Gasteiger partial charge in [0.25, 0.3) is 5.91 Å². The van der Waals surface area contributed by atoms with Crippen LogP contribution in [0.15, 0.2) is 67.0 Å². The molecule has 1 aromatic heterocycles. The van der Waals surface area contributed by atoms with Gasteiger partial charge in [-0.25, -0.2) is 4.68 Å². The van der Waals surface area contributed by atoms with Gasteiger partial charge in [0.05, 0.1) is 11.9 Å². The van der Waals surface area contributed by atoms with Crippen LogP contribution in [0.5, 0.6) is 0 Å². The van der Waals surface area contributed by atoms with E-state index in [0.29, 0.717) is 12.1 Å². The van der Waals surface area contributed by atoms with Gasteiger partial charge in [0, 0.05) is 30.4 Å². The molecule has 3 aromatic rings. The van der Waals surface area contributed by atoms with Gasteiger partial charge in [0.2, 0.25) is 0 Å². The van der Waals surface area contributed by atoms with E-state index in [0.717, 1.165) is 30.9 Å². The van der Waals surface area contributed by atoms with Crippen LogP contribution in [-0.2, 0) is 13.1 Å². The summed E-state index contributed by atoms with van der Waals surface area (Å²) in [6.45, 7) is 7.72. The SMILES string of the molecule is CCN(CC)Cc1ccc(C(=O)NCc2cnn(-c3ccccc3)c2)cc1. The molecule has 0 atom stereocenters. The predicted molar refractivity (Wildman–Crippen MR) is 108 cm³/mol. The largest absolute Gasteiger partial charge is 0.348 e. The Morgan fingerprint density at radius 2 is 1.70 bits per heavy atom. The van der Waals surface area contributed by atoms with Gasteiger partial charge in [-0.3, -0.25) is 9.69 Å². The van der Waals surface area contributed by atoms with Crippen molar-refractivity contribution < 1.29 is 4.79 Å². The van der Waals surface area contributed by atoms with E-state index in [1.807, 2.05) is 65.5 Å². The van der Waals surface area contributed by atoms with Crippen molar-refractivity contribution in [2.45, 2.75) is 26.9 Å². The first-order valence-corrected chi connectivity index (χ1v) is 9.38. The highest BCUT2D eigenvalue weighted by Gasteiger charge is 2.08. The second kappa shape index (κ2) is 9.14. The second-order valence-corrected chi connectivity index (χ2v) is 6.47. The summed E-state index contributed by atoms with van der Waals surface area (Å²) in [6, 6.07) is 17.8. The smallest absolute Gasteiger partial charge is 0.251 e. The molecule has 1 heterocycles. The summed E-state index contributed by atoms with van der Waals surface area (Å²) in [6.07, 6.45) is 3.71. The number of benzene rings is 2. The van der Waals surface area contributed by atoms with E-state index < -0.39 is 0 Å². The lowest BCUT2D eigenvalue weighted by atomic mass is 10.1. The Kier molecular flexibility index (Phi) is 6.39. The third-order valence-electron chi connectivity index (χ3n) is 4.63. The summed E-state index contributed by atoms with van der Waals surface area (Å²) < 4.78 is 1.81. The van der Waals surface area contributed by atoms with Crippen LogP contribution in [0.3, 0.4) is 0 Å². The zero-order valence-corrected chi connectivity index (χ0v) is 15.9. The molecule has 27 heavy (non-hydrogen) atoms. The number of para-hydroxylation sites is 1. The summed E-state index contributed by atoms with van der Waals surface area (Å²) in [5.74, 6) is -0.0724. The fourth-order valence-electron chi connectivity index (χ4n) is 2.92. The fraction of sp³-hybridized carbons (Fsp3) is 0.273. The molecular formula is C22H26N4O. The van der Waals surface area contributed by atoms with Gasteiger partial charge in [-0.2, -0.15) is 5.10 Å². The Morgan fingerprint density at radius 1 is 1.00 bits per heavy atom. The maximum Gasteiger partial charge on any atom is 0.251 e. The van der Waals surface area contributed by atoms with Gasteiger partial charge in [-0.05, 0) is 42.9 Å². The van der Waals surface area contributed by atoms with Crippen LogP contribution in [0.4, 0.5) is 0 Å². The van der Waals surface area contributed by atoms with Gasteiger partial charge in [0.15, 0.2) is 0 Å². The van der Waals surface area contributed by atoms with Gasteiger partial charge < -0.3 is 5.32 Å². The lowest BCUT2D eigenvalue weighted by Gasteiger charge is -2.18. The van der Waals surface area contributed by atoms with E-state index >= 15 is 0 Å². The summed E-state index contributed by atoms with van der Waals surface area (Å²) in [4.78, 5) is 14.7.